The predicted molar refractivity (Wildman–Crippen MR) is 108 cm³/mol. The van der Waals surface area contributed by atoms with Gasteiger partial charge in [-0.1, -0.05) is 12.1 Å². The van der Waals surface area contributed by atoms with Gasteiger partial charge < -0.3 is 10.6 Å². The molecule has 0 amide bonds. The Bertz CT molecular complexity index is 995. The minimum atomic E-state index is -4.43. The second-order valence-electron chi connectivity index (χ2n) is 7.70. The van der Waals surface area contributed by atoms with Crippen molar-refractivity contribution in [1.82, 2.24) is 15.0 Å². The van der Waals surface area contributed by atoms with Crippen molar-refractivity contribution >= 4 is 17.5 Å². The van der Waals surface area contributed by atoms with Crippen LogP contribution in [-0.2, 0) is 6.18 Å². The van der Waals surface area contributed by atoms with Gasteiger partial charge in [0.25, 0.3) is 0 Å². The number of aryl methyl sites for hydroxylation is 1. The fraction of sp³-hybridized carbons (Fsp3) is 0.286. The van der Waals surface area contributed by atoms with Crippen LogP contribution in [0.15, 0.2) is 48.7 Å². The van der Waals surface area contributed by atoms with E-state index < -0.39 is 11.7 Å². The van der Waals surface area contributed by atoms with Gasteiger partial charge in [0.1, 0.15) is 5.82 Å². The van der Waals surface area contributed by atoms with Crippen LogP contribution in [-0.4, -0.2) is 20.5 Å². The van der Waals surface area contributed by atoms with E-state index in [4.69, 9.17) is 0 Å². The summed E-state index contributed by atoms with van der Waals surface area (Å²) in [5, 5.41) is 6.15. The Morgan fingerprint density at radius 1 is 0.897 bits per heavy atom. The van der Waals surface area contributed by atoms with E-state index in [2.05, 4.69) is 25.6 Å². The number of nitrogens with one attached hydrogen (secondary N) is 2. The molecule has 3 aromatic rings. The van der Waals surface area contributed by atoms with Crippen molar-refractivity contribution in [1.29, 1.82) is 0 Å². The Morgan fingerprint density at radius 2 is 1.66 bits per heavy atom. The van der Waals surface area contributed by atoms with Crippen molar-refractivity contribution < 1.29 is 13.2 Å². The number of hydrogen-bond acceptors (Lipinski definition) is 5. The largest absolute Gasteiger partial charge is 0.416 e. The Balaban J connectivity index is 2.01. The van der Waals surface area contributed by atoms with Crippen LogP contribution in [0, 0.1) is 6.92 Å². The molecule has 0 radical (unpaired) electrons. The lowest BCUT2D eigenvalue weighted by Gasteiger charge is -2.21. The molecule has 8 heteroatoms. The van der Waals surface area contributed by atoms with Gasteiger partial charge >= 0.3 is 6.18 Å². The van der Waals surface area contributed by atoms with Crippen LogP contribution in [0.4, 0.5) is 30.6 Å². The second-order valence-corrected chi connectivity index (χ2v) is 7.70. The number of aromatic nitrogens is 3. The lowest BCUT2D eigenvalue weighted by Crippen LogP contribution is -2.27. The first-order valence-corrected chi connectivity index (χ1v) is 9.05. The Morgan fingerprint density at radius 3 is 2.28 bits per heavy atom. The highest BCUT2D eigenvalue weighted by Gasteiger charge is 2.32. The van der Waals surface area contributed by atoms with Gasteiger partial charge in [0.15, 0.2) is 0 Å². The summed E-state index contributed by atoms with van der Waals surface area (Å²) in [7, 11) is 0. The molecule has 0 unspecified atom stereocenters. The summed E-state index contributed by atoms with van der Waals surface area (Å²) in [6, 6.07) is 11.2. The van der Waals surface area contributed by atoms with Crippen LogP contribution < -0.4 is 10.6 Å². The van der Waals surface area contributed by atoms with Gasteiger partial charge in [-0.15, -0.1) is 0 Å². The van der Waals surface area contributed by atoms with Crippen molar-refractivity contribution in [3.05, 3.63) is 59.8 Å². The normalized spacial score (nSPS) is 12.0. The van der Waals surface area contributed by atoms with Gasteiger partial charge in [0, 0.05) is 23.5 Å². The minimum Gasteiger partial charge on any atom is -0.350 e. The molecule has 2 N–H and O–H groups in total. The van der Waals surface area contributed by atoms with Gasteiger partial charge in [-0.25, -0.2) is 4.98 Å². The SMILES string of the molecule is Cc1ccc(Nc2cc(-c3ccccn3)nc(NC(C)(C)C)n2)cc1C(F)(F)F. The van der Waals surface area contributed by atoms with E-state index >= 15 is 0 Å². The minimum absolute atomic E-state index is 0.162. The topological polar surface area (TPSA) is 62.7 Å². The fourth-order valence-electron chi connectivity index (χ4n) is 2.70. The summed E-state index contributed by atoms with van der Waals surface area (Å²) < 4.78 is 39.7. The molecule has 2 heterocycles. The number of pyridine rings is 1. The maximum Gasteiger partial charge on any atom is 0.416 e. The molecule has 5 nitrogen and oxygen atoms in total. The standard InChI is InChI=1S/C21H22F3N5/c1-13-8-9-14(11-15(13)21(22,23)24)26-18-12-17(16-7-5-6-10-25-16)27-19(28-18)29-20(2,3)4/h5-12H,1-4H3,(H2,26,27,28,29). The third-order valence-corrected chi connectivity index (χ3v) is 3.96. The van der Waals surface area contributed by atoms with Gasteiger partial charge in [-0.3, -0.25) is 4.98 Å². The Kier molecular flexibility index (Phi) is 5.46. The molecule has 0 aliphatic carbocycles. The highest BCUT2D eigenvalue weighted by atomic mass is 19.4. The quantitative estimate of drug-likeness (QED) is 0.577. The summed E-state index contributed by atoms with van der Waals surface area (Å²) in [5.74, 6) is 0.718. The highest BCUT2D eigenvalue weighted by Crippen LogP contribution is 2.34. The first kappa shape index (κ1) is 20.6. The number of rotatable bonds is 4. The summed E-state index contributed by atoms with van der Waals surface area (Å²) in [5.41, 5.74) is 0.653. The molecule has 29 heavy (non-hydrogen) atoms. The summed E-state index contributed by atoms with van der Waals surface area (Å²) in [4.78, 5) is 13.2. The molecule has 0 saturated carbocycles. The van der Waals surface area contributed by atoms with Crippen molar-refractivity contribution in [2.45, 2.75) is 39.4 Å². The first-order chi connectivity index (χ1) is 13.5. The van der Waals surface area contributed by atoms with E-state index in [1.54, 1.807) is 30.5 Å². The Labute approximate surface area is 167 Å². The predicted octanol–water partition coefficient (Wildman–Crippen LogP) is 5.82. The molecule has 0 saturated heterocycles. The number of nitrogens with zero attached hydrogens (tertiary/aromatic N) is 3. The molecule has 0 spiro atoms. The molecule has 0 atom stereocenters. The molecular weight excluding hydrogens is 379 g/mol. The maximum atomic E-state index is 13.2. The summed E-state index contributed by atoms with van der Waals surface area (Å²) >= 11 is 0. The van der Waals surface area contributed by atoms with E-state index in [-0.39, 0.29) is 16.8 Å². The fourth-order valence-corrected chi connectivity index (χ4v) is 2.70. The van der Waals surface area contributed by atoms with E-state index in [0.717, 1.165) is 6.07 Å². The lowest BCUT2D eigenvalue weighted by atomic mass is 10.1. The first-order valence-electron chi connectivity index (χ1n) is 9.05. The van der Waals surface area contributed by atoms with E-state index in [0.29, 0.717) is 23.2 Å². The van der Waals surface area contributed by atoms with Crippen molar-refractivity contribution in [2.75, 3.05) is 10.6 Å². The monoisotopic (exact) mass is 401 g/mol. The van der Waals surface area contributed by atoms with Crippen molar-refractivity contribution in [2.24, 2.45) is 0 Å². The highest BCUT2D eigenvalue weighted by molar-refractivity contribution is 5.66. The third kappa shape index (κ3) is 5.43. The molecule has 2 aromatic heterocycles. The van der Waals surface area contributed by atoms with E-state index in [9.17, 15) is 13.2 Å². The van der Waals surface area contributed by atoms with Gasteiger partial charge in [-0.05, 0) is 57.5 Å². The van der Waals surface area contributed by atoms with Gasteiger partial charge in [-0.2, -0.15) is 18.2 Å². The summed E-state index contributed by atoms with van der Waals surface area (Å²) in [6.07, 6.45) is -2.78. The Hall–Kier alpha value is -3.16. The van der Waals surface area contributed by atoms with Crippen LogP contribution in [0.1, 0.15) is 31.9 Å². The average molecular weight is 401 g/mol. The van der Waals surface area contributed by atoms with Crippen LogP contribution in [0.2, 0.25) is 0 Å². The molecule has 0 fully saturated rings. The number of alkyl halides is 3. The van der Waals surface area contributed by atoms with Crippen LogP contribution in [0.3, 0.4) is 0 Å². The smallest absolute Gasteiger partial charge is 0.350 e. The third-order valence-electron chi connectivity index (χ3n) is 3.96. The lowest BCUT2D eigenvalue weighted by molar-refractivity contribution is -0.138. The number of benzene rings is 1. The molecule has 0 aliphatic rings. The van der Waals surface area contributed by atoms with Crippen molar-refractivity contribution in [3.8, 4) is 11.4 Å². The zero-order valence-electron chi connectivity index (χ0n) is 16.6. The molecule has 3 rings (SSSR count). The zero-order chi connectivity index (χ0) is 21.2. The van der Waals surface area contributed by atoms with E-state index in [1.165, 1.54) is 13.0 Å². The van der Waals surface area contributed by atoms with Crippen molar-refractivity contribution in [3.63, 3.8) is 0 Å². The number of hydrogen-bond donors (Lipinski definition) is 2. The molecule has 0 bridgehead atoms. The van der Waals surface area contributed by atoms with Gasteiger partial charge in [0.2, 0.25) is 5.95 Å². The maximum absolute atomic E-state index is 13.2. The molecule has 152 valence electrons. The summed E-state index contributed by atoms with van der Waals surface area (Å²) in [6.45, 7) is 7.33. The molecule has 1 aromatic carbocycles. The number of anilines is 3. The zero-order valence-corrected chi connectivity index (χ0v) is 16.6. The van der Waals surface area contributed by atoms with Crippen LogP contribution in [0.5, 0.6) is 0 Å². The van der Waals surface area contributed by atoms with Crippen LogP contribution >= 0.6 is 0 Å². The van der Waals surface area contributed by atoms with E-state index in [1.807, 2.05) is 26.8 Å². The average Bonchev–Trinajstić information content (AvgIpc) is 2.61. The van der Waals surface area contributed by atoms with Gasteiger partial charge in [0.05, 0.1) is 17.0 Å². The van der Waals surface area contributed by atoms with Crippen LogP contribution in [0.25, 0.3) is 11.4 Å². The second kappa shape index (κ2) is 7.69. The molecule has 0 aliphatic heterocycles. The number of halogens is 3. The molecular formula is C21H22F3N5.